The monoisotopic (exact) mass is 186 g/mol. The van der Waals surface area contributed by atoms with Crippen molar-refractivity contribution in [1.29, 1.82) is 0 Å². The Balaban J connectivity index is 3.04. The second-order valence-electron chi connectivity index (χ2n) is 3.64. The van der Waals surface area contributed by atoms with Gasteiger partial charge in [-0.3, -0.25) is 4.79 Å². The lowest BCUT2D eigenvalue weighted by Crippen LogP contribution is -2.22. The molecule has 78 valence electrons. The topological polar surface area (TPSA) is 55.1 Å². The first-order chi connectivity index (χ1) is 6.16. The second-order valence-corrected chi connectivity index (χ2v) is 3.64. The van der Waals surface area contributed by atoms with Gasteiger partial charge in [-0.15, -0.1) is 0 Å². The minimum Gasteiger partial charge on any atom is -0.370 e. The lowest BCUT2D eigenvalue weighted by molar-refractivity contribution is -0.118. The van der Waals surface area contributed by atoms with Gasteiger partial charge >= 0.3 is 0 Å². The van der Waals surface area contributed by atoms with Gasteiger partial charge in [-0.25, -0.2) is 0 Å². The number of carbonyl (C=O) groups is 1. The average Bonchev–Trinajstić information content (AvgIpc) is 2.10. The summed E-state index contributed by atoms with van der Waals surface area (Å²) >= 11 is 0. The Kier molecular flexibility index (Phi) is 7.69. The highest BCUT2D eigenvalue weighted by Gasteiger charge is 1.97. The number of primary amides is 1. The number of nitrogens with two attached hydrogens (primary N) is 1. The standard InChI is InChI=1S/C10H22N2O/c1-3-9(2)8-12-7-5-4-6-10(11)13/h9,12H,3-8H2,1-2H3,(H2,11,13). The minimum absolute atomic E-state index is 0.193. The van der Waals surface area contributed by atoms with E-state index in [9.17, 15) is 4.79 Å². The van der Waals surface area contributed by atoms with Crippen LogP contribution in [-0.2, 0) is 4.79 Å². The van der Waals surface area contributed by atoms with Gasteiger partial charge in [0.1, 0.15) is 0 Å². The largest absolute Gasteiger partial charge is 0.370 e. The van der Waals surface area contributed by atoms with Crippen LogP contribution in [0.5, 0.6) is 0 Å². The van der Waals surface area contributed by atoms with E-state index in [1.807, 2.05) is 0 Å². The zero-order valence-electron chi connectivity index (χ0n) is 8.81. The van der Waals surface area contributed by atoms with E-state index in [0.717, 1.165) is 31.8 Å². The van der Waals surface area contributed by atoms with Gasteiger partial charge in [-0.1, -0.05) is 20.3 Å². The highest BCUT2D eigenvalue weighted by Crippen LogP contribution is 1.98. The third kappa shape index (κ3) is 9.34. The van der Waals surface area contributed by atoms with Gasteiger partial charge in [0.2, 0.25) is 5.91 Å². The average molecular weight is 186 g/mol. The molecule has 0 aromatic heterocycles. The van der Waals surface area contributed by atoms with Gasteiger partial charge in [0.25, 0.3) is 0 Å². The first-order valence-electron chi connectivity index (χ1n) is 5.15. The second kappa shape index (κ2) is 8.05. The van der Waals surface area contributed by atoms with Crippen LogP contribution in [0, 0.1) is 5.92 Å². The molecule has 0 fully saturated rings. The Hall–Kier alpha value is -0.570. The number of carbonyl (C=O) groups excluding carboxylic acids is 1. The normalized spacial score (nSPS) is 12.8. The summed E-state index contributed by atoms with van der Waals surface area (Å²) in [4.78, 5) is 10.4. The maximum Gasteiger partial charge on any atom is 0.217 e. The number of unbranched alkanes of at least 4 members (excludes halogenated alkanes) is 1. The van der Waals surface area contributed by atoms with E-state index in [0.29, 0.717) is 6.42 Å². The van der Waals surface area contributed by atoms with E-state index in [2.05, 4.69) is 19.2 Å². The molecule has 0 aromatic carbocycles. The molecule has 3 nitrogen and oxygen atoms in total. The molecule has 0 spiro atoms. The molecular weight excluding hydrogens is 164 g/mol. The Bertz CT molecular complexity index is 137. The molecule has 0 rings (SSSR count). The maximum absolute atomic E-state index is 10.4. The number of amides is 1. The summed E-state index contributed by atoms with van der Waals surface area (Å²) in [6, 6.07) is 0. The molecule has 1 atom stereocenters. The molecule has 0 aliphatic rings. The van der Waals surface area contributed by atoms with Crippen molar-refractivity contribution in [3.8, 4) is 0 Å². The maximum atomic E-state index is 10.4. The molecule has 3 heteroatoms. The van der Waals surface area contributed by atoms with Gasteiger partial charge in [-0.2, -0.15) is 0 Å². The van der Waals surface area contributed by atoms with Crippen LogP contribution in [0.4, 0.5) is 0 Å². The fourth-order valence-corrected chi connectivity index (χ4v) is 1.04. The van der Waals surface area contributed by atoms with Crippen molar-refractivity contribution in [3.05, 3.63) is 0 Å². The van der Waals surface area contributed by atoms with E-state index in [1.54, 1.807) is 0 Å². The van der Waals surface area contributed by atoms with Crippen LogP contribution in [0.3, 0.4) is 0 Å². The number of rotatable bonds is 8. The first kappa shape index (κ1) is 12.4. The van der Waals surface area contributed by atoms with Crippen molar-refractivity contribution in [3.63, 3.8) is 0 Å². The Morgan fingerprint density at radius 3 is 2.69 bits per heavy atom. The Labute approximate surface area is 81.1 Å². The molecule has 1 amide bonds. The van der Waals surface area contributed by atoms with E-state index in [-0.39, 0.29) is 5.91 Å². The van der Waals surface area contributed by atoms with Crippen LogP contribution in [0.2, 0.25) is 0 Å². The summed E-state index contributed by atoms with van der Waals surface area (Å²) in [6.07, 6.45) is 3.68. The van der Waals surface area contributed by atoms with Gasteiger partial charge in [-0.05, 0) is 31.8 Å². The minimum atomic E-state index is -0.193. The van der Waals surface area contributed by atoms with Gasteiger partial charge < -0.3 is 11.1 Å². The van der Waals surface area contributed by atoms with Crippen LogP contribution in [-0.4, -0.2) is 19.0 Å². The number of nitrogens with one attached hydrogen (secondary N) is 1. The molecule has 0 bridgehead atoms. The van der Waals surface area contributed by atoms with Gasteiger partial charge in [0.15, 0.2) is 0 Å². The first-order valence-corrected chi connectivity index (χ1v) is 5.15. The van der Waals surface area contributed by atoms with E-state index in [1.165, 1.54) is 6.42 Å². The van der Waals surface area contributed by atoms with Crippen molar-refractivity contribution in [2.75, 3.05) is 13.1 Å². The molecule has 3 N–H and O–H groups in total. The van der Waals surface area contributed by atoms with Crippen LogP contribution in [0.15, 0.2) is 0 Å². The van der Waals surface area contributed by atoms with Crippen LogP contribution < -0.4 is 11.1 Å². The molecule has 0 radical (unpaired) electrons. The molecule has 0 saturated carbocycles. The summed E-state index contributed by atoms with van der Waals surface area (Å²) in [5.74, 6) is 0.554. The third-order valence-electron chi connectivity index (χ3n) is 2.22. The molecule has 0 aliphatic heterocycles. The summed E-state index contributed by atoms with van der Waals surface area (Å²) in [5, 5.41) is 3.36. The van der Waals surface area contributed by atoms with E-state index < -0.39 is 0 Å². The summed E-state index contributed by atoms with van der Waals surface area (Å²) < 4.78 is 0. The van der Waals surface area contributed by atoms with Crippen LogP contribution >= 0.6 is 0 Å². The molecule has 1 unspecified atom stereocenters. The van der Waals surface area contributed by atoms with Gasteiger partial charge in [0, 0.05) is 6.42 Å². The Morgan fingerprint density at radius 2 is 2.15 bits per heavy atom. The summed E-state index contributed by atoms with van der Waals surface area (Å²) in [5.41, 5.74) is 5.02. The molecule has 13 heavy (non-hydrogen) atoms. The molecule has 0 aromatic rings. The van der Waals surface area contributed by atoms with Crippen molar-refractivity contribution in [2.24, 2.45) is 11.7 Å². The Morgan fingerprint density at radius 1 is 1.46 bits per heavy atom. The molecular formula is C10H22N2O. The summed E-state index contributed by atoms with van der Waals surface area (Å²) in [7, 11) is 0. The third-order valence-corrected chi connectivity index (χ3v) is 2.22. The van der Waals surface area contributed by atoms with Gasteiger partial charge in [0.05, 0.1) is 0 Å². The quantitative estimate of drug-likeness (QED) is 0.561. The van der Waals surface area contributed by atoms with Crippen LogP contribution in [0.1, 0.15) is 39.5 Å². The predicted molar refractivity (Wildman–Crippen MR) is 55.4 cm³/mol. The number of hydrogen-bond donors (Lipinski definition) is 2. The number of hydrogen-bond acceptors (Lipinski definition) is 2. The van der Waals surface area contributed by atoms with E-state index in [4.69, 9.17) is 5.73 Å². The lowest BCUT2D eigenvalue weighted by atomic mass is 10.1. The van der Waals surface area contributed by atoms with Crippen molar-refractivity contribution >= 4 is 5.91 Å². The predicted octanol–water partition coefficient (Wildman–Crippen LogP) is 1.28. The van der Waals surface area contributed by atoms with E-state index >= 15 is 0 Å². The fraction of sp³-hybridized carbons (Fsp3) is 0.900. The zero-order chi connectivity index (χ0) is 10.1. The zero-order valence-corrected chi connectivity index (χ0v) is 8.81. The van der Waals surface area contributed by atoms with Crippen molar-refractivity contribution in [1.82, 2.24) is 5.32 Å². The SMILES string of the molecule is CCC(C)CNCCCCC(N)=O. The molecule has 0 aliphatic carbocycles. The van der Waals surface area contributed by atoms with Crippen molar-refractivity contribution in [2.45, 2.75) is 39.5 Å². The molecule has 0 saturated heterocycles. The molecule has 0 heterocycles. The highest BCUT2D eigenvalue weighted by atomic mass is 16.1. The fourth-order valence-electron chi connectivity index (χ4n) is 1.04. The summed E-state index contributed by atoms with van der Waals surface area (Å²) in [6.45, 7) is 6.50. The van der Waals surface area contributed by atoms with Crippen LogP contribution in [0.25, 0.3) is 0 Å². The van der Waals surface area contributed by atoms with Crippen molar-refractivity contribution < 1.29 is 4.79 Å². The smallest absolute Gasteiger partial charge is 0.217 e. The lowest BCUT2D eigenvalue weighted by Gasteiger charge is -2.09. The highest BCUT2D eigenvalue weighted by molar-refractivity contribution is 5.73.